The highest BCUT2D eigenvalue weighted by atomic mass is 32.2. The van der Waals surface area contributed by atoms with E-state index >= 15 is 0 Å². The van der Waals surface area contributed by atoms with Crippen LogP contribution in [-0.2, 0) is 6.61 Å². The molecule has 98 valence electrons. The first-order valence-corrected chi connectivity index (χ1v) is 6.97. The van der Waals surface area contributed by atoms with Gasteiger partial charge in [-0.25, -0.2) is 4.39 Å². The van der Waals surface area contributed by atoms with Crippen LogP contribution in [0.15, 0.2) is 47.4 Å². The SMILES string of the molecule is CSc1ccc(OCc2ccccc2)c(C=O)c1F. The topological polar surface area (TPSA) is 26.3 Å². The third-order valence-corrected chi connectivity index (χ3v) is 3.43. The lowest BCUT2D eigenvalue weighted by molar-refractivity contribution is 0.111. The van der Waals surface area contributed by atoms with Gasteiger partial charge in [0.15, 0.2) is 12.1 Å². The van der Waals surface area contributed by atoms with Crippen molar-refractivity contribution in [3.63, 3.8) is 0 Å². The van der Waals surface area contributed by atoms with Crippen molar-refractivity contribution in [3.05, 3.63) is 59.4 Å². The van der Waals surface area contributed by atoms with E-state index in [0.29, 0.717) is 17.8 Å². The van der Waals surface area contributed by atoms with E-state index in [4.69, 9.17) is 4.74 Å². The molecule has 0 atom stereocenters. The fraction of sp³-hybridized carbons (Fsp3) is 0.133. The third kappa shape index (κ3) is 3.15. The minimum atomic E-state index is -0.520. The van der Waals surface area contributed by atoms with Crippen LogP contribution in [0.4, 0.5) is 4.39 Å². The summed E-state index contributed by atoms with van der Waals surface area (Å²) in [5.41, 5.74) is 0.941. The number of thioether (sulfide) groups is 1. The molecule has 2 nitrogen and oxygen atoms in total. The van der Waals surface area contributed by atoms with Crippen molar-refractivity contribution in [2.45, 2.75) is 11.5 Å². The molecule has 0 unspecified atom stereocenters. The molecule has 2 aromatic rings. The van der Waals surface area contributed by atoms with E-state index < -0.39 is 5.82 Å². The van der Waals surface area contributed by atoms with Gasteiger partial charge in [0.2, 0.25) is 0 Å². The van der Waals surface area contributed by atoms with E-state index in [1.807, 2.05) is 30.3 Å². The van der Waals surface area contributed by atoms with Gasteiger partial charge in [0.05, 0.1) is 5.56 Å². The van der Waals surface area contributed by atoms with E-state index in [1.165, 1.54) is 11.8 Å². The molecule has 0 heterocycles. The molecule has 0 spiro atoms. The first-order chi connectivity index (χ1) is 9.26. The Hall–Kier alpha value is -1.81. The fourth-order valence-corrected chi connectivity index (χ4v) is 2.18. The molecule has 4 heteroatoms. The lowest BCUT2D eigenvalue weighted by atomic mass is 10.2. The number of hydrogen-bond acceptors (Lipinski definition) is 3. The molecule has 19 heavy (non-hydrogen) atoms. The summed E-state index contributed by atoms with van der Waals surface area (Å²) < 4.78 is 19.4. The molecular weight excluding hydrogens is 263 g/mol. The van der Waals surface area contributed by atoms with Crippen molar-refractivity contribution >= 4 is 18.0 Å². The number of halogens is 1. The maximum absolute atomic E-state index is 13.9. The predicted molar refractivity (Wildman–Crippen MR) is 74.3 cm³/mol. The summed E-state index contributed by atoms with van der Waals surface area (Å²) in [6.45, 7) is 0.305. The Kier molecular flexibility index (Phi) is 4.58. The monoisotopic (exact) mass is 276 g/mol. The molecule has 0 saturated heterocycles. The molecule has 0 radical (unpaired) electrons. The fourth-order valence-electron chi connectivity index (χ4n) is 1.68. The van der Waals surface area contributed by atoms with Crippen molar-refractivity contribution in [3.8, 4) is 5.75 Å². The number of benzene rings is 2. The van der Waals surface area contributed by atoms with Gasteiger partial charge < -0.3 is 4.74 Å². The Morgan fingerprint density at radius 2 is 1.95 bits per heavy atom. The maximum atomic E-state index is 13.9. The Morgan fingerprint density at radius 1 is 1.21 bits per heavy atom. The van der Waals surface area contributed by atoms with Crippen LogP contribution in [0.2, 0.25) is 0 Å². The summed E-state index contributed by atoms with van der Waals surface area (Å²) >= 11 is 1.26. The van der Waals surface area contributed by atoms with Crippen molar-refractivity contribution in [1.29, 1.82) is 0 Å². The zero-order valence-corrected chi connectivity index (χ0v) is 11.2. The molecule has 2 aromatic carbocycles. The highest BCUT2D eigenvalue weighted by Gasteiger charge is 2.13. The maximum Gasteiger partial charge on any atom is 0.156 e. The van der Waals surface area contributed by atoms with Gasteiger partial charge in [0, 0.05) is 4.90 Å². The molecule has 0 saturated carbocycles. The molecule has 0 aliphatic heterocycles. The average Bonchev–Trinajstić information content (AvgIpc) is 2.46. The molecule has 0 amide bonds. The normalized spacial score (nSPS) is 10.2. The third-order valence-electron chi connectivity index (χ3n) is 2.68. The lowest BCUT2D eigenvalue weighted by Gasteiger charge is -2.10. The molecule has 0 N–H and O–H groups in total. The number of hydrogen-bond donors (Lipinski definition) is 0. The molecule has 0 aliphatic rings. The minimum Gasteiger partial charge on any atom is -0.488 e. The average molecular weight is 276 g/mol. The molecule has 0 bridgehead atoms. The molecule has 0 aromatic heterocycles. The van der Waals surface area contributed by atoms with Gasteiger partial charge in [-0.15, -0.1) is 11.8 Å². The van der Waals surface area contributed by atoms with Crippen LogP contribution in [0.3, 0.4) is 0 Å². The van der Waals surface area contributed by atoms with Crippen LogP contribution < -0.4 is 4.74 Å². The lowest BCUT2D eigenvalue weighted by Crippen LogP contribution is -2.01. The van der Waals surface area contributed by atoms with Crippen LogP contribution in [0, 0.1) is 5.82 Å². The van der Waals surface area contributed by atoms with E-state index in [0.717, 1.165) is 5.56 Å². The van der Waals surface area contributed by atoms with E-state index in [1.54, 1.807) is 18.4 Å². The van der Waals surface area contributed by atoms with Crippen LogP contribution >= 0.6 is 11.8 Å². The van der Waals surface area contributed by atoms with Crippen molar-refractivity contribution in [2.24, 2.45) is 0 Å². The summed E-state index contributed by atoms with van der Waals surface area (Å²) in [5, 5.41) is 0. The van der Waals surface area contributed by atoms with Crippen molar-refractivity contribution < 1.29 is 13.9 Å². The van der Waals surface area contributed by atoms with Gasteiger partial charge in [-0.3, -0.25) is 4.79 Å². The first kappa shape index (κ1) is 13.6. The molecule has 2 rings (SSSR count). The Labute approximate surface area is 115 Å². The van der Waals surface area contributed by atoms with Crippen LogP contribution in [-0.4, -0.2) is 12.5 Å². The second-order valence-corrected chi connectivity index (χ2v) is 4.73. The number of rotatable bonds is 5. The Bertz CT molecular complexity index is 570. The largest absolute Gasteiger partial charge is 0.488 e. The zero-order valence-electron chi connectivity index (χ0n) is 10.4. The number of carbonyl (C=O) groups is 1. The summed E-state index contributed by atoms with van der Waals surface area (Å²) in [5.74, 6) is -0.248. The summed E-state index contributed by atoms with van der Waals surface area (Å²) in [7, 11) is 0. The van der Waals surface area contributed by atoms with Crippen LogP contribution in [0.1, 0.15) is 15.9 Å². The zero-order chi connectivity index (χ0) is 13.7. The number of carbonyl (C=O) groups excluding carboxylic acids is 1. The highest BCUT2D eigenvalue weighted by Crippen LogP contribution is 2.28. The molecule has 0 fully saturated rings. The van der Waals surface area contributed by atoms with Crippen LogP contribution in [0.25, 0.3) is 0 Å². The Balaban J connectivity index is 2.21. The number of aldehydes is 1. The van der Waals surface area contributed by atoms with Gasteiger partial charge in [-0.2, -0.15) is 0 Å². The minimum absolute atomic E-state index is 0.0252. The smallest absolute Gasteiger partial charge is 0.156 e. The van der Waals surface area contributed by atoms with Gasteiger partial charge in [-0.1, -0.05) is 30.3 Å². The van der Waals surface area contributed by atoms with Gasteiger partial charge >= 0.3 is 0 Å². The summed E-state index contributed by atoms with van der Waals surface area (Å²) in [4.78, 5) is 11.4. The summed E-state index contributed by atoms with van der Waals surface area (Å²) in [6.07, 6.45) is 2.26. The van der Waals surface area contributed by atoms with Crippen molar-refractivity contribution in [2.75, 3.05) is 6.26 Å². The van der Waals surface area contributed by atoms with Crippen LogP contribution in [0.5, 0.6) is 5.75 Å². The van der Waals surface area contributed by atoms with Crippen molar-refractivity contribution in [1.82, 2.24) is 0 Å². The highest BCUT2D eigenvalue weighted by molar-refractivity contribution is 7.98. The molecular formula is C15H13FO2S. The second-order valence-electron chi connectivity index (χ2n) is 3.89. The quantitative estimate of drug-likeness (QED) is 0.611. The summed E-state index contributed by atoms with van der Waals surface area (Å²) in [6, 6.07) is 12.8. The molecule has 0 aliphatic carbocycles. The standard InChI is InChI=1S/C15H13FO2S/c1-19-14-8-7-13(12(9-17)15(14)16)18-10-11-5-3-2-4-6-11/h2-9H,10H2,1H3. The van der Waals surface area contributed by atoms with E-state index in [9.17, 15) is 9.18 Å². The second kappa shape index (κ2) is 6.38. The number of ether oxygens (including phenoxy) is 1. The van der Waals surface area contributed by atoms with Gasteiger partial charge in [0.25, 0.3) is 0 Å². The first-order valence-electron chi connectivity index (χ1n) is 5.74. The van der Waals surface area contributed by atoms with Gasteiger partial charge in [0.1, 0.15) is 12.4 Å². The van der Waals surface area contributed by atoms with Gasteiger partial charge in [-0.05, 0) is 24.0 Å². The van der Waals surface area contributed by atoms with E-state index in [2.05, 4.69) is 0 Å². The Morgan fingerprint density at radius 3 is 2.58 bits per heavy atom. The predicted octanol–water partition coefficient (Wildman–Crippen LogP) is 3.94. The van der Waals surface area contributed by atoms with E-state index in [-0.39, 0.29) is 11.3 Å².